The van der Waals surface area contributed by atoms with Crippen molar-refractivity contribution in [1.29, 1.82) is 0 Å². The molecule has 1 aliphatic rings. The number of nitro benzene ring substituents is 1. The number of nitrogens with zero attached hydrogens (tertiary/aromatic N) is 2. The normalized spacial score (nSPS) is 20.9. The summed E-state index contributed by atoms with van der Waals surface area (Å²) in [7, 11) is 0. The molecule has 1 fully saturated rings. The molecule has 2 aromatic rings. The van der Waals surface area contributed by atoms with Gasteiger partial charge in [-0.05, 0) is 31.4 Å². The second kappa shape index (κ2) is 4.74. The number of nitro groups is 1. The summed E-state index contributed by atoms with van der Waals surface area (Å²) in [5.74, 6) is 0.720. The standard InChI is InChI=1S/C15H17N3O2/c1-3-10-7-14(10)17-15-6-9(2)16-13-5-4-11(18(19)20)8-12(13)15/h4-6,8,10,14H,3,7H2,1-2H3,(H,16,17). The molecule has 0 aliphatic heterocycles. The lowest BCUT2D eigenvalue weighted by Gasteiger charge is -2.10. The molecule has 0 saturated heterocycles. The molecule has 0 amide bonds. The van der Waals surface area contributed by atoms with Gasteiger partial charge in [-0.2, -0.15) is 0 Å². The maximum absolute atomic E-state index is 10.9. The van der Waals surface area contributed by atoms with E-state index in [-0.39, 0.29) is 10.6 Å². The molecule has 1 aliphatic carbocycles. The van der Waals surface area contributed by atoms with Crippen LogP contribution >= 0.6 is 0 Å². The topological polar surface area (TPSA) is 68.1 Å². The van der Waals surface area contributed by atoms with Crippen LogP contribution in [-0.4, -0.2) is 15.9 Å². The minimum atomic E-state index is -0.366. The van der Waals surface area contributed by atoms with Crippen LogP contribution in [0.15, 0.2) is 24.3 Å². The zero-order valence-corrected chi connectivity index (χ0v) is 11.6. The number of rotatable bonds is 4. The van der Waals surface area contributed by atoms with Crippen molar-refractivity contribution in [3.63, 3.8) is 0 Å². The predicted molar refractivity (Wildman–Crippen MR) is 78.9 cm³/mol. The third-order valence-electron chi connectivity index (χ3n) is 3.92. The molecule has 1 aromatic heterocycles. The van der Waals surface area contributed by atoms with E-state index in [0.29, 0.717) is 6.04 Å². The molecular formula is C15H17N3O2. The number of benzene rings is 1. The third-order valence-corrected chi connectivity index (χ3v) is 3.92. The van der Waals surface area contributed by atoms with Crippen molar-refractivity contribution in [3.8, 4) is 0 Å². The van der Waals surface area contributed by atoms with Crippen LogP contribution in [0.4, 0.5) is 11.4 Å². The van der Waals surface area contributed by atoms with Crippen molar-refractivity contribution in [2.75, 3.05) is 5.32 Å². The second-order valence-electron chi connectivity index (χ2n) is 5.42. The van der Waals surface area contributed by atoms with Gasteiger partial charge in [0.05, 0.1) is 10.4 Å². The molecule has 3 rings (SSSR count). The average molecular weight is 271 g/mol. The molecule has 20 heavy (non-hydrogen) atoms. The van der Waals surface area contributed by atoms with Gasteiger partial charge in [-0.15, -0.1) is 0 Å². The fourth-order valence-electron chi connectivity index (χ4n) is 2.65. The van der Waals surface area contributed by atoms with Crippen LogP contribution in [0, 0.1) is 23.0 Å². The minimum absolute atomic E-state index is 0.106. The highest BCUT2D eigenvalue weighted by molar-refractivity contribution is 5.93. The highest BCUT2D eigenvalue weighted by Gasteiger charge is 2.35. The molecule has 2 unspecified atom stereocenters. The van der Waals surface area contributed by atoms with E-state index in [1.165, 1.54) is 18.9 Å². The van der Waals surface area contributed by atoms with Gasteiger partial charge in [0.1, 0.15) is 0 Å². The van der Waals surface area contributed by atoms with Crippen molar-refractivity contribution < 1.29 is 4.92 Å². The van der Waals surface area contributed by atoms with Crippen LogP contribution in [-0.2, 0) is 0 Å². The molecule has 104 valence electrons. The quantitative estimate of drug-likeness (QED) is 0.680. The van der Waals surface area contributed by atoms with Gasteiger partial charge in [0.15, 0.2) is 0 Å². The summed E-state index contributed by atoms with van der Waals surface area (Å²) >= 11 is 0. The highest BCUT2D eigenvalue weighted by Crippen LogP contribution is 2.38. The number of hydrogen-bond acceptors (Lipinski definition) is 4. The fourth-order valence-corrected chi connectivity index (χ4v) is 2.65. The Balaban J connectivity index is 2.04. The third kappa shape index (κ3) is 2.31. The molecule has 0 bridgehead atoms. The summed E-state index contributed by atoms with van der Waals surface area (Å²) in [6, 6.07) is 7.29. The van der Waals surface area contributed by atoms with Crippen molar-refractivity contribution in [2.24, 2.45) is 5.92 Å². The van der Waals surface area contributed by atoms with Gasteiger partial charge in [-0.3, -0.25) is 15.1 Å². The average Bonchev–Trinajstić information content (AvgIpc) is 3.16. The largest absolute Gasteiger partial charge is 0.381 e. The molecule has 5 heteroatoms. The predicted octanol–water partition coefficient (Wildman–Crippen LogP) is 3.66. The maximum Gasteiger partial charge on any atom is 0.270 e. The first-order valence-corrected chi connectivity index (χ1v) is 6.91. The summed E-state index contributed by atoms with van der Waals surface area (Å²) in [5.41, 5.74) is 2.78. The molecule has 0 radical (unpaired) electrons. The van der Waals surface area contributed by atoms with Gasteiger partial charge in [-0.25, -0.2) is 0 Å². The number of pyridine rings is 1. The number of non-ortho nitro benzene ring substituents is 1. The number of nitrogens with one attached hydrogen (secondary N) is 1. The van der Waals surface area contributed by atoms with E-state index < -0.39 is 0 Å². The molecule has 2 atom stereocenters. The summed E-state index contributed by atoms with van der Waals surface area (Å²) in [6.45, 7) is 4.13. The molecule has 1 saturated carbocycles. The van der Waals surface area contributed by atoms with Crippen LogP contribution in [0.1, 0.15) is 25.5 Å². The Morgan fingerprint density at radius 2 is 2.25 bits per heavy atom. The summed E-state index contributed by atoms with van der Waals surface area (Å²) < 4.78 is 0. The molecule has 5 nitrogen and oxygen atoms in total. The monoisotopic (exact) mass is 271 g/mol. The Morgan fingerprint density at radius 3 is 2.90 bits per heavy atom. The summed E-state index contributed by atoms with van der Waals surface area (Å²) in [5, 5.41) is 15.3. The molecule has 1 heterocycles. The smallest absolute Gasteiger partial charge is 0.270 e. The first kappa shape index (κ1) is 12.8. The number of aryl methyl sites for hydroxylation is 1. The first-order chi connectivity index (χ1) is 9.58. The Bertz CT molecular complexity index is 684. The van der Waals surface area contributed by atoms with Crippen LogP contribution < -0.4 is 5.32 Å². The van der Waals surface area contributed by atoms with Crippen molar-refractivity contribution in [1.82, 2.24) is 4.98 Å². The molecule has 1 N–H and O–H groups in total. The van der Waals surface area contributed by atoms with E-state index in [9.17, 15) is 10.1 Å². The van der Waals surface area contributed by atoms with E-state index in [1.54, 1.807) is 12.1 Å². The van der Waals surface area contributed by atoms with Gasteiger partial charge in [0.25, 0.3) is 5.69 Å². The zero-order chi connectivity index (χ0) is 14.3. The molecule has 0 spiro atoms. The van der Waals surface area contributed by atoms with Crippen LogP contribution in [0.3, 0.4) is 0 Å². The number of fused-ring (bicyclic) bond motifs is 1. The highest BCUT2D eigenvalue weighted by atomic mass is 16.6. The number of hydrogen-bond donors (Lipinski definition) is 1. The van der Waals surface area contributed by atoms with E-state index in [0.717, 1.165) is 28.2 Å². The van der Waals surface area contributed by atoms with Crippen molar-refractivity contribution in [3.05, 3.63) is 40.1 Å². The summed E-state index contributed by atoms with van der Waals surface area (Å²) in [4.78, 5) is 15.0. The van der Waals surface area contributed by atoms with Gasteiger partial charge >= 0.3 is 0 Å². The first-order valence-electron chi connectivity index (χ1n) is 6.91. The van der Waals surface area contributed by atoms with Crippen molar-refractivity contribution >= 4 is 22.3 Å². The molecular weight excluding hydrogens is 254 g/mol. The SMILES string of the molecule is CCC1CC1Nc1cc(C)nc2ccc([N+](=O)[O-])cc12. The second-order valence-corrected chi connectivity index (χ2v) is 5.42. The van der Waals surface area contributed by atoms with Gasteiger partial charge in [-0.1, -0.05) is 13.3 Å². The fraction of sp³-hybridized carbons (Fsp3) is 0.400. The lowest BCUT2D eigenvalue weighted by atomic mass is 10.1. The number of anilines is 1. The Morgan fingerprint density at radius 1 is 1.45 bits per heavy atom. The summed E-state index contributed by atoms with van der Waals surface area (Å²) in [6.07, 6.45) is 2.34. The molecule has 1 aromatic carbocycles. The van der Waals surface area contributed by atoms with Gasteiger partial charge in [0.2, 0.25) is 0 Å². The van der Waals surface area contributed by atoms with Crippen molar-refractivity contribution in [2.45, 2.75) is 32.7 Å². The number of aromatic nitrogens is 1. The Hall–Kier alpha value is -2.17. The minimum Gasteiger partial charge on any atom is -0.381 e. The van der Waals surface area contributed by atoms with Gasteiger partial charge in [0, 0.05) is 34.9 Å². The van der Waals surface area contributed by atoms with Crippen LogP contribution in [0.2, 0.25) is 0 Å². The van der Waals surface area contributed by atoms with Gasteiger partial charge < -0.3 is 5.32 Å². The van der Waals surface area contributed by atoms with E-state index in [1.807, 2.05) is 13.0 Å². The van der Waals surface area contributed by atoms with Crippen LogP contribution in [0.5, 0.6) is 0 Å². The lowest BCUT2D eigenvalue weighted by molar-refractivity contribution is -0.384. The van der Waals surface area contributed by atoms with E-state index >= 15 is 0 Å². The van der Waals surface area contributed by atoms with Crippen LogP contribution in [0.25, 0.3) is 10.9 Å². The van der Waals surface area contributed by atoms with E-state index in [4.69, 9.17) is 0 Å². The Kier molecular flexibility index (Phi) is 3.04. The zero-order valence-electron chi connectivity index (χ0n) is 11.6. The Labute approximate surface area is 117 Å². The maximum atomic E-state index is 10.9. The van der Waals surface area contributed by atoms with E-state index in [2.05, 4.69) is 17.2 Å². The lowest BCUT2D eigenvalue weighted by Crippen LogP contribution is -2.05.